The van der Waals surface area contributed by atoms with Crippen molar-refractivity contribution >= 4 is 21.8 Å². The first kappa shape index (κ1) is 12.6. The molecule has 0 aliphatic carbocycles. The molecule has 4 heteroatoms. The van der Waals surface area contributed by atoms with Gasteiger partial charge in [0, 0.05) is 29.2 Å². The van der Waals surface area contributed by atoms with E-state index in [2.05, 4.69) is 15.9 Å². The summed E-state index contributed by atoms with van der Waals surface area (Å²) in [4.78, 5) is 14.3. The Balaban J connectivity index is 2.15. The molecule has 1 aliphatic rings. The van der Waals surface area contributed by atoms with Crippen LogP contribution in [0.1, 0.15) is 29.6 Å². The fourth-order valence-electron chi connectivity index (χ4n) is 2.27. The third kappa shape index (κ3) is 2.87. The molecule has 0 aromatic heterocycles. The van der Waals surface area contributed by atoms with Crippen molar-refractivity contribution in [2.24, 2.45) is 5.73 Å². The van der Waals surface area contributed by atoms with Gasteiger partial charge in [0.05, 0.1) is 0 Å². The van der Waals surface area contributed by atoms with Gasteiger partial charge in [-0.2, -0.15) is 0 Å². The van der Waals surface area contributed by atoms with Crippen LogP contribution in [0.2, 0.25) is 0 Å². The molecule has 1 aromatic carbocycles. The molecule has 0 bridgehead atoms. The molecule has 3 nitrogen and oxygen atoms in total. The molecule has 0 saturated carbocycles. The van der Waals surface area contributed by atoms with Crippen LogP contribution in [0.3, 0.4) is 0 Å². The minimum Gasteiger partial charge on any atom is -0.334 e. The maximum Gasteiger partial charge on any atom is 0.254 e. The summed E-state index contributed by atoms with van der Waals surface area (Å²) in [5.41, 5.74) is 6.48. The van der Waals surface area contributed by atoms with Crippen LogP contribution in [0.15, 0.2) is 28.7 Å². The van der Waals surface area contributed by atoms with E-state index in [-0.39, 0.29) is 11.9 Å². The topological polar surface area (TPSA) is 46.3 Å². The summed E-state index contributed by atoms with van der Waals surface area (Å²) in [6.45, 7) is 1.39. The number of hydrogen-bond acceptors (Lipinski definition) is 2. The Bertz CT molecular complexity index is 391. The van der Waals surface area contributed by atoms with Crippen LogP contribution in [0.4, 0.5) is 0 Å². The van der Waals surface area contributed by atoms with Crippen molar-refractivity contribution in [1.29, 1.82) is 0 Å². The SMILES string of the molecule is NCC1CCCCN1C(=O)c1ccc(Br)cc1. The number of hydrogen-bond donors (Lipinski definition) is 1. The predicted molar refractivity (Wildman–Crippen MR) is 71.9 cm³/mol. The van der Waals surface area contributed by atoms with Gasteiger partial charge < -0.3 is 10.6 Å². The van der Waals surface area contributed by atoms with Crippen molar-refractivity contribution < 1.29 is 4.79 Å². The third-order valence-electron chi connectivity index (χ3n) is 3.25. The number of likely N-dealkylation sites (tertiary alicyclic amines) is 1. The molecule has 1 amide bonds. The summed E-state index contributed by atoms with van der Waals surface area (Å²) in [5.74, 6) is 0.104. The molecule has 0 radical (unpaired) electrons. The number of nitrogens with two attached hydrogens (primary N) is 1. The third-order valence-corrected chi connectivity index (χ3v) is 3.78. The average Bonchev–Trinajstić information content (AvgIpc) is 2.39. The predicted octanol–water partition coefficient (Wildman–Crippen LogP) is 2.40. The minimum absolute atomic E-state index is 0.104. The van der Waals surface area contributed by atoms with Crippen molar-refractivity contribution in [1.82, 2.24) is 4.90 Å². The lowest BCUT2D eigenvalue weighted by molar-refractivity contribution is 0.0623. The second-order valence-electron chi connectivity index (χ2n) is 4.39. The van der Waals surface area contributed by atoms with Gasteiger partial charge in [0.25, 0.3) is 5.91 Å². The molecule has 1 saturated heterocycles. The monoisotopic (exact) mass is 296 g/mol. The molecule has 2 N–H and O–H groups in total. The minimum atomic E-state index is 0.104. The first-order chi connectivity index (χ1) is 8.22. The van der Waals surface area contributed by atoms with Gasteiger partial charge in [-0.3, -0.25) is 4.79 Å². The van der Waals surface area contributed by atoms with Crippen LogP contribution in [-0.2, 0) is 0 Å². The molecule has 1 aliphatic heterocycles. The highest BCUT2D eigenvalue weighted by Gasteiger charge is 2.26. The number of benzene rings is 1. The van der Waals surface area contributed by atoms with Gasteiger partial charge in [-0.1, -0.05) is 15.9 Å². The number of rotatable bonds is 2. The number of amides is 1. The molecule has 1 heterocycles. The molecule has 1 unspecified atom stereocenters. The Kier molecular flexibility index (Phi) is 4.18. The smallest absolute Gasteiger partial charge is 0.254 e. The highest BCUT2D eigenvalue weighted by Crippen LogP contribution is 2.20. The van der Waals surface area contributed by atoms with Gasteiger partial charge in [0.1, 0.15) is 0 Å². The summed E-state index contributed by atoms with van der Waals surface area (Å²) < 4.78 is 0.989. The molecule has 17 heavy (non-hydrogen) atoms. The Morgan fingerprint density at radius 1 is 1.35 bits per heavy atom. The van der Waals surface area contributed by atoms with Crippen LogP contribution in [0.25, 0.3) is 0 Å². The summed E-state index contributed by atoms with van der Waals surface area (Å²) in [5, 5.41) is 0. The molecule has 0 spiro atoms. The molecule has 1 atom stereocenters. The molecule has 1 fully saturated rings. The largest absolute Gasteiger partial charge is 0.334 e. The molecule has 92 valence electrons. The Morgan fingerprint density at radius 3 is 2.71 bits per heavy atom. The second kappa shape index (κ2) is 5.65. The summed E-state index contributed by atoms with van der Waals surface area (Å²) in [6, 6.07) is 7.71. The van der Waals surface area contributed by atoms with Crippen molar-refractivity contribution in [3.63, 3.8) is 0 Å². The van der Waals surface area contributed by atoms with Gasteiger partial charge in [0.2, 0.25) is 0 Å². The van der Waals surface area contributed by atoms with Crippen LogP contribution < -0.4 is 5.73 Å². The normalized spacial score (nSPS) is 20.4. The zero-order valence-corrected chi connectivity index (χ0v) is 11.3. The van der Waals surface area contributed by atoms with E-state index in [9.17, 15) is 4.79 Å². The average molecular weight is 297 g/mol. The molecule has 1 aromatic rings. The van der Waals surface area contributed by atoms with Crippen LogP contribution >= 0.6 is 15.9 Å². The first-order valence-corrected chi connectivity index (χ1v) is 6.78. The van der Waals surface area contributed by atoms with Gasteiger partial charge in [0.15, 0.2) is 0 Å². The van der Waals surface area contributed by atoms with Crippen LogP contribution in [-0.4, -0.2) is 29.9 Å². The second-order valence-corrected chi connectivity index (χ2v) is 5.31. The van der Waals surface area contributed by atoms with Crippen molar-refractivity contribution in [2.75, 3.05) is 13.1 Å². The summed E-state index contributed by atoms with van der Waals surface area (Å²) >= 11 is 3.37. The lowest BCUT2D eigenvalue weighted by Crippen LogP contribution is -2.47. The standard InChI is InChI=1S/C13H17BrN2O/c14-11-6-4-10(5-7-11)13(17)16-8-2-1-3-12(16)9-15/h4-7,12H,1-3,8-9,15H2. The van der Waals surface area contributed by atoms with E-state index in [1.807, 2.05) is 29.2 Å². The zero-order valence-electron chi connectivity index (χ0n) is 9.73. The number of carbonyl (C=O) groups excluding carboxylic acids is 1. The van der Waals surface area contributed by atoms with E-state index in [4.69, 9.17) is 5.73 Å². The van der Waals surface area contributed by atoms with Crippen molar-refractivity contribution in [2.45, 2.75) is 25.3 Å². The maximum atomic E-state index is 12.3. The van der Waals surface area contributed by atoms with E-state index < -0.39 is 0 Å². The maximum absolute atomic E-state index is 12.3. The molecular formula is C13H17BrN2O. The van der Waals surface area contributed by atoms with E-state index in [0.29, 0.717) is 6.54 Å². The van der Waals surface area contributed by atoms with E-state index in [1.54, 1.807) is 0 Å². The van der Waals surface area contributed by atoms with Gasteiger partial charge >= 0.3 is 0 Å². The highest BCUT2D eigenvalue weighted by molar-refractivity contribution is 9.10. The lowest BCUT2D eigenvalue weighted by atomic mass is 10.0. The van der Waals surface area contributed by atoms with Crippen molar-refractivity contribution in [3.05, 3.63) is 34.3 Å². The van der Waals surface area contributed by atoms with Gasteiger partial charge in [-0.15, -0.1) is 0 Å². The number of carbonyl (C=O) groups is 1. The van der Waals surface area contributed by atoms with Crippen LogP contribution in [0.5, 0.6) is 0 Å². The van der Waals surface area contributed by atoms with Gasteiger partial charge in [-0.25, -0.2) is 0 Å². The zero-order chi connectivity index (χ0) is 12.3. The first-order valence-electron chi connectivity index (χ1n) is 5.99. The quantitative estimate of drug-likeness (QED) is 0.911. The number of nitrogens with zero attached hydrogens (tertiary/aromatic N) is 1. The lowest BCUT2D eigenvalue weighted by Gasteiger charge is -2.35. The Labute approximate surface area is 110 Å². The Hall–Kier alpha value is -0.870. The van der Waals surface area contributed by atoms with Gasteiger partial charge in [-0.05, 0) is 43.5 Å². The molecular weight excluding hydrogens is 280 g/mol. The van der Waals surface area contributed by atoms with Crippen LogP contribution in [0, 0.1) is 0 Å². The van der Waals surface area contributed by atoms with Crippen molar-refractivity contribution in [3.8, 4) is 0 Å². The summed E-state index contributed by atoms with van der Waals surface area (Å²) in [6.07, 6.45) is 3.28. The molecule has 2 rings (SSSR count). The number of halogens is 1. The fourth-order valence-corrected chi connectivity index (χ4v) is 2.54. The highest BCUT2D eigenvalue weighted by atomic mass is 79.9. The number of piperidine rings is 1. The van der Waals surface area contributed by atoms with E-state index in [0.717, 1.165) is 29.4 Å². The Morgan fingerprint density at radius 2 is 2.06 bits per heavy atom. The fraction of sp³-hybridized carbons (Fsp3) is 0.462. The van der Waals surface area contributed by atoms with E-state index >= 15 is 0 Å². The van der Waals surface area contributed by atoms with E-state index in [1.165, 1.54) is 6.42 Å². The summed E-state index contributed by atoms with van der Waals surface area (Å²) in [7, 11) is 0.